The minimum Gasteiger partial charge on any atom is -0.497 e. The molecular formula is C21H22N2O5S. The Bertz CT molecular complexity index is 1090. The Morgan fingerprint density at radius 1 is 1.24 bits per heavy atom. The van der Waals surface area contributed by atoms with Crippen LogP contribution in [0.4, 0.5) is 0 Å². The van der Waals surface area contributed by atoms with Crippen molar-refractivity contribution in [1.82, 2.24) is 9.55 Å². The van der Waals surface area contributed by atoms with Gasteiger partial charge in [-0.25, -0.2) is 9.78 Å². The molecule has 0 saturated carbocycles. The van der Waals surface area contributed by atoms with E-state index in [9.17, 15) is 14.7 Å². The van der Waals surface area contributed by atoms with Gasteiger partial charge in [-0.3, -0.25) is 9.36 Å². The van der Waals surface area contributed by atoms with Crippen LogP contribution in [0.2, 0.25) is 0 Å². The number of carbonyl (C=O) groups is 1. The summed E-state index contributed by atoms with van der Waals surface area (Å²) in [7, 11) is 2.91. The number of methoxy groups -OCH3 is 2. The lowest BCUT2D eigenvalue weighted by atomic mass is 10.1. The molecule has 3 rings (SSSR count). The van der Waals surface area contributed by atoms with Gasteiger partial charge in [-0.05, 0) is 42.8 Å². The van der Waals surface area contributed by atoms with Crippen LogP contribution in [-0.4, -0.2) is 41.0 Å². The summed E-state index contributed by atoms with van der Waals surface area (Å²) in [5.74, 6) is 0.817. The molecule has 152 valence electrons. The molecule has 3 aromatic rings. The highest BCUT2D eigenvalue weighted by atomic mass is 32.2. The van der Waals surface area contributed by atoms with Gasteiger partial charge in [0.2, 0.25) is 0 Å². The molecule has 1 N–H and O–H groups in total. The first kappa shape index (κ1) is 20.9. The molecule has 0 amide bonds. The number of esters is 1. The van der Waals surface area contributed by atoms with Gasteiger partial charge in [0.15, 0.2) is 5.16 Å². The van der Waals surface area contributed by atoms with E-state index in [0.717, 1.165) is 11.3 Å². The van der Waals surface area contributed by atoms with E-state index in [4.69, 9.17) is 9.47 Å². The summed E-state index contributed by atoms with van der Waals surface area (Å²) in [4.78, 5) is 29.4. The molecule has 29 heavy (non-hydrogen) atoms. The number of rotatable bonds is 7. The van der Waals surface area contributed by atoms with Crippen molar-refractivity contribution in [2.45, 2.75) is 30.5 Å². The zero-order valence-electron chi connectivity index (χ0n) is 16.4. The van der Waals surface area contributed by atoms with Crippen LogP contribution in [0.1, 0.15) is 22.8 Å². The van der Waals surface area contributed by atoms with E-state index < -0.39 is 12.1 Å². The molecule has 0 aliphatic rings. The number of carbonyl (C=O) groups excluding carboxylic acids is 1. The number of benzene rings is 2. The average Bonchev–Trinajstić information content (AvgIpc) is 2.73. The summed E-state index contributed by atoms with van der Waals surface area (Å²) in [6.45, 7) is 1.74. The molecule has 2 aromatic carbocycles. The number of thioether (sulfide) groups is 1. The van der Waals surface area contributed by atoms with Crippen LogP contribution >= 0.6 is 11.8 Å². The first-order valence-corrected chi connectivity index (χ1v) is 9.98. The van der Waals surface area contributed by atoms with Crippen molar-refractivity contribution in [3.63, 3.8) is 0 Å². The normalized spacial score (nSPS) is 12.0. The van der Waals surface area contributed by atoms with Crippen LogP contribution in [0.3, 0.4) is 0 Å². The molecule has 0 spiro atoms. The molecule has 1 aromatic heterocycles. The third-order valence-electron chi connectivity index (χ3n) is 4.29. The van der Waals surface area contributed by atoms with Crippen molar-refractivity contribution in [1.29, 1.82) is 0 Å². The van der Waals surface area contributed by atoms with E-state index >= 15 is 0 Å². The lowest BCUT2D eigenvalue weighted by Crippen LogP contribution is -2.28. The maximum Gasteiger partial charge on any atom is 0.337 e. The molecule has 1 atom stereocenters. The Balaban J connectivity index is 2.03. The van der Waals surface area contributed by atoms with Crippen molar-refractivity contribution < 1.29 is 19.4 Å². The number of aliphatic hydroxyl groups is 1. The quantitative estimate of drug-likeness (QED) is 0.361. The molecule has 0 fully saturated rings. The van der Waals surface area contributed by atoms with Gasteiger partial charge in [0.1, 0.15) is 5.75 Å². The fraction of sp³-hybridized carbons (Fsp3) is 0.286. The maximum atomic E-state index is 13.0. The van der Waals surface area contributed by atoms with Crippen LogP contribution in [0.5, 0.6) is 5.75 Å². The molecule has 0 aliphatic heterocycles. The number of aliphatic hydroxyl groups excluding tert-OH is 1. The Kier molecular flexibility index (Phi) is 6.56. The zero-order valence-corrected chi connectivity index (χ0v) is 17.2. The van der Waals surface area contributed by atoms with Gasteiger partial charge in [0.05, 0.1) is 43.3 Å². The number of aromatic nitrogens is 2. The summed E-state index contributed by atoms with van der Waals surface area (Å²) in [6.07, 6.45) is -0.711. The Hall–Kier alpha value is -2.84. The minimum absolute atomic E-state index is 0.126. The van der Waals surface area contributed by atoms with Gasteiger partial charge < -0.3 is 14.6 Å². The van der Waals surface area contributed by atoms with Gasteiger partial charge in [-0.15, -0.1) is 0 Å². The second-order valence-corrected chi connectivity index (χ2v) is 7.47. The molecule has 0 bridgehead atoms. The molecule has 0 radical (unpaired) electrons. The highest BCUT2D eigenvalue weighted by Gasteiger charge is 2.15. The Morgan fingerprint density at radius 3 is 2.72 bits per heavy atom. The lowest BCUT2D eigenvalue weighted by molar-refractivity contribution is 0.0601. The van der Waals surface area contributed by atoms with Gasteiger partial charge in [0, 0.05) is 5.75 Å². The SMILES string of the molecule is COC(=O)c1ccc2c(=O)n(C[C@H](C)O)c(SCc3cccc(OC)c3)nc2c1. The lowest BCUT2D eigenvalue weighted by Gasteiger charge is -2.15. The summed E-state index contributed by atoms with van der Waals surface area (Å²) in [6, 6.07) is 12.3. The average molecular weight is 414 g/mol. The highest BCUT2D eigenvalue weighted by Crippen LogP contribution is 2.25. The molecule has 8 heteroatoms. The molecule has 0 unspecified atom stereocenters. The first-order chi connectivity index (χ1) is 13.9. The van der Waals surface area contributed by atoms with E-state index in [2.05, 4.69) is 4.98 Å². The fourth-order valence-electron chi connectivity index (χ4n) is 2.89. The number of hydrogen-bond acceptors (Lipinski definition) is 7. The second kappa shape index (κ2) is 9.11. The number of hydrogen-bond donors (Lipinski definition) is 1. The Morgan fingerprint density at radius 2 is 2.03 bits per heavy atom. The largest absolute Gasteiger partial charge is 0.497 e. The van der Waals surface area contributed by atoms with Crippen LogP contribution in [0, 0.1) is 0 Å². The zero-order chi connectivity index (χ0) is 21.0. The van der Waals surface area contributed by atoms with E-state index in [1.165, 1.54) is 29.5 Å². The van der Waals surface area contributed by atoms with Crippen LogP contribution in [0.25, 0.3) is 10.9 Å². The molecular weight excluding hydrogens is 392 g/mol. The summed E-state index contributed by atoms with van der Waals surface area (Å²) < 4.78 is 11.5. The first-order valence-electron chi connectivity index (χ1n) is 8.99. The van der Waals surface area contributed by atoms with E-state index in [1.807, 2.05) is 24.3 Å². The number of ether oxygens (including phenoxy) is 2. The third-order valence-corrected chi connectivity index (χ3v) is 5.34. The van der Waals surface area contributed by atoms with Gasteiger partial charge in [0.25, 0.3) is 5.56 Å². The molecule has 0 saturated heterocycles. The van der Waals surface area contributed by atoms with Crippen molar-refractivity contribution in [3.8, 4) is 5.75 Å². The predicted octanol–water partition coefficient (Wildman–Crippen LogP) is 2.86. The number of nitrogens with zero attached hydrogens (tertiary/aromatic N) is 2. The van der Waals surface area contributed by atoms with Crippen LogP contribution < -0.4 is 10.3 Å². The van der Waals surface area contributed by atoms with Crippen molar-refractivity contribution >= 4 is 28.6 Å². The topological polar surface area (TPSA) is 90.7 Å². The van der Waals surface area contributed by atoms with E-state index in [-0.39, 0.29) is 12.1 Å². The molecule has 0 aliphatic carbocycles. The second-order valence-electron chi connectivity index (χ2n) is 6.52. The standard InChI is InChI=1S/C21H22N2O5S/c1-13(24)11-23-19(25)17-8-7-15(20(26)28-3)10-18(17)22-21(23)29-12-14-5-4-6-16(9-14)27-2/h4-10,13,24H,11-12H2,1-3H3/t13-/m0/s1. The molecule has 1 heterocycles. The fourth-order valence-corrected chi connectivity index (χ4v) is 3.84. The smallest absolute Gasteiger partial charge is 0.337 e. The maximum absolute atomic E-state index is 13.0. The van der Waals surface area contributed by atoms with Crippen LogP contribution in [-0.2, 0) is 17.0 Å². The highest BCUT2D eigenvalue weighted by molar-refractivity contribution is 7.98. The Labute approximate surface area is 172 Å². The van der Waals surface area contributed by atoms with Gasteiger partial charge in [-0.1, -0.05) is 23.9 Å². The monoisotopic (exact) mass is 414 g/mol. The van der Waals surface area contributed by atoms with E-state index in [0.29, 0.717) is 27.4 Å². The van der Waals surface area contributed by atoms with Crippen molar-refractivity contribution in [2.24, 2.45) is 0 Å². The van der Waals surface area contributed by atoms with Crippen molar-refractivity contribution in [2.75, 3.05) is 14.2 Å². The minimum atomic E-state index is -0.711. The van der Waals surface area contributed by atoms with Crippen molar-refractivity contribution in [3.05, 3.63) is 63.9 Å². The van der Waals surface area contributed by atoms with E-state index in [1.54, 1.807) is 26.2 Å². The third kappa shape index (κ3) is 4.78. The summed E-state index contributed by atoms with van der Waals surface area (Å²) in [5, 5.41) is 10.7. The van der Waals surface area contributed by atoms with Gasteiger partial charge >= 0.3 is 5.97 Å². The predicted molar refractivity (Wildman–Crippen MR) is 112 cm³/mol. The van der Waals surface area contributed by atoms with Gasteiger partial charge in [-0.2, -0.15) is 0 Å². The van der Waals surface area contributed by atoms with Crippen LogP contribution in [0.15, 0.2) is 52.4 Å². The summed E-state index contributed by atoms with van der Waals surface area (Å²) in [5.41, 5.74) is 1.48. The number of fused-ring (bicyclic) bond motifs is 1. The summed E-state index contributed by atoms with van der Waals surface area (Å²) >= 11 is 1.38. The molecule has 7 nitrogen and oxygen atoms in total.